The molecular formula is C23H15BrClNO3. The van der Waals surface area contributed by atoms with Gasteiger partial charge in [-0.15, -0.1) is 0 Å². The highest BCUT2D eigenvalue weighted by atomic mass is 79.9. The lowest BCUT2D eigenvalue weighted by Crippen LogP contribution is -2.06. The van der Waals surface area contributed by atoms with Crippen LogP contribution in [0, 0.1) is 0 Å². The summed E-state index contributed by atoms with van der Waals surface area (Å²) >= 11 is 9.44. The maximum absolute atomic E-state index is 12.1. The Morgan fingerprint density at radius 1 is 1.03 bits per heavy atom. The SMILES string of the molecule is O=C1ON=C(c2ccccc2)/C1=C/c1ccc(OCc2ccc(Cl)cc2)c(Br)c1. The minimum absolute atomic E-state index is 0.415. The number of ether oxygens (including phenoxy) is 1. The first-order chi connectivity index (χ1) is 14.1. The highest BCUT2D eigenvalue weighted by Gasteiger charge is 2.26. The summed E-state index contributed by atoms with van der Waals surface area (Å²) < 4.78 is 6.66. The summed E-state index contributed by atoms with van der Waals surface area (Å²) in [4.78, 5) is 17.0. The zero-order chi connectivity index (χ0) is 20.2. The van der Waals surface area contributed by atoms with Crippen LogP contribution in [0.25, 0.3) is 6.08 Å². The quantitative estimate of drug-likeness (QED) is 0.339. The van der Waals surface area contributed by atoms with Gasteiger partial charge in [-0.1, -0.05) is 65.3 Å². The van der Waals surface area contributed by atoms with E-state index in [0.29, 0.717) is 28.7 Å². The Morgan fingerprint density at radius 3 is 2.52 bits per heavy atom. The van der Waals surface area contributed by atoms with Gasteiger partial charge < -0.3 is 9.57 Å². The predicted octanol–water partition coefficient (Wildman–Crippen LogP) is 6.03. The van der Waals surface area contributed by atoms with Crippen molar-refractivity contribution >= 4 is 45.3 Å². The summed E-state index contributed by atoms with van der Waals surface area (Å²) in [5, 5.41) is 4.62. The van der Waals surface area contributed by atoms with Crippen molar-refractivity contribution in [1.29, 1.82) is 0 Å². The monoisotopic (exact) mass is 467 g/mol. The largest absolute Gasteiger partial charge is 0.488 e. The standard InChI is InChI=1S/C23H15BrClNO3/c24-20-13-16(8-11-21(20)28-14-15-6-9-18(25)10-7-15)12-19-22(26-29-23(19)27)17-4-2-1-3-5-17/h1-13H,14H2/b19-12-. The number of carbonyl (C=O) groups excluding carboxylic acids is 1. The maximum Gasteiger partial charge on any atom is 0.368 e. The van der Waals surface area contributed by atoms with Crippen molar-refractivity contribution in [2.45, 2.75) is 6.61 Å². The molecular weight excluding hydrogens is 454 g/mol. The molecule has 0 bridgehead atoms. The van der Waals surface area contributed by atoms with Gasteiger partial charge in [-0.05, 0) is 57.4 Å². The minimum atomic E-state index is -0.469. The summed E-state index contributed by atoms with van der Waals surface area (Å²) in [6.07, 6.45) is 1.76. The summed E-state index contributed by atoms with van der Waals surface area (Å²) in [6.45, 7) is 0.424. The first-order valence-corrected chi connectivity index (χ1v) is 10.0. The van der Waals surface area contributed by atoms with E-state index in [-0.39, 0.29) is 0 Å². The molecule has 4 nitrogen and oxygen atoms in total. The lowest BCUT2D eigenvalue weighted by molar-refractivity contribution is -0.136. The minimum Gasteiger partial charge on any atom is -0.488 e. The van der Waals surface area contributed by atoms with Gasteiger partial charge in [0.1, 0.15) is 18.1 Å². The lowest BCUT2D eigenvalue weighted by Gasteiger charge is -2.09. The third kappa shape index (κ3) is 4.58. The molecule has 0 saturated carbocycles. The van der Waals surface area contributed by atoms with Crippen molar-refractivity contribution < 1.29 is 14.4 Å². The van der Waals surface area contributed by atoms with Crippen LogP contribution in [-0.2, 0) is 16.2 Å². The molecule has 1 aliphatic rings. The van der Waals surface area contributed by atoms with Crippen LogP contribution in [0.2, 0.25) is 5.02 Å². The van der Waals surface area contributed by atoms with Crippen molar-refractivity contribution in [3.63, 3.8) is 0 Å². The van der Waals surface area contributed by atoms with Crippen molar-refractivity contribution in [2.75, 3.05) is 0 Å². The van der Waals surface area contributed by atoms with Crippen LogP contribution in [-0.4, -0.2) is 11.7 Å². The highest BCUT2D eigenvalue weighted by Crippen LogP contribution is 2.29. The smallest absolute Gasteiger partial charge is 0.368 e. The molecule has 0 unspecified atom stereocenters. The summed E-state index contributed by atoms with van der Waals surface area (Å²) in [6, 6.07) is 22.6. The van der Waals surface area contributed by atoms with Gasteiger partial charge in [0.25, 0.3) is 0 Å². The fraction of sp³-hybridized carbons (Fsp3) is 0.0435. The van der Waals surface area contributed by atoms with Crippen LogP contribution in [0.15, 0.2) is 88.0 Å². The molecule has 1 heterocycles. The van der Waals surface area contributed by atoms with Crippen LogP contribution in [0.1, 0.15) is 16.7 Å². The number of rotatable bonds is 5. The molecule has 1 aliphatic heterocycles. The molecule has 0 aliphatic carbocycles. The number of benzene rings is 3. The van der Waals surface area contributed by atoms with E-state index in [1.807, 2.05) is 72.8 Å². The molecule has 0 radical (unpaired) electrons. The van der Waals surface area contributed by atoms with E-state index < -0.39 is 5.97 Å². The molecule has 0 fully saturated rings. The number of nitrogens with zero attached hydrogens (tertiary/aromatic N) is 1. The molecule has 29 heavy (non-hydrogen) atoms. The van der Waals surface area contributed by atoms with Crippen LogP contribution in [0.4, 0.5) is 0 Å². The molecule has 3 aromatic carbocycles. The first-order valence-electron chi connectivity index (χ1n) is 8.84. The van der Waals surface area contributed by atoms with Crippen molar-refractivity contribution in [2.24, 2.45) is 5.16 Å². The Morgan fingerprint density at radius 2 is 1.79 bits per heavy atom. The fourth-order valence-corrected chi connectivity index (χ4v) is 3.48. The van der Waals surface area contributed by atoms with E-state index in [2.05, 4.69) is 21.1 Å². The molecule has 0 N–H and O–H groups in total. The summed E-state index contributed by atoms with van der Waals surface area (Å²) in [5.74, 6) is 0.232. The van der Waals surface area contributed by atoms with Crippen molar-refractivity contribution in [1.82, 2.24) is 0 Å². The maximum atomic E-state index is 12.1. The molecule has 0 aromatic heterocycles. The average molecular weight is 469 g/mol. The van der Waals surface area contributed by atoms with E-state index in [1.54, 1.807) is 6.08 Å². The van der Waals surface area contributed by atoms with E-state index in [1.165, 1.54) is 0 Å². The van der Waals surface area contributed by atoms with E-state index in [4.69, 9.17) is 21.2 Å². The normalized spacial score (nSPS) is 14.6. The summed E-state index contributed by atoms with van der Waals surface area (Å²) in [5.41, 5.74) is 3.61. The zero-order valence-corrected chi connectivity index (χ0v) is 17.5. The molecule has 0 saturated heterocycles. The molecule has 144 valence electrons. The van der Waals surface area contributed by atoms with Gasteiger partial charge in [0.05, 0.1) is 10.0 Å². The first kappa shape index (κ1) is 19.4. The van der Waals surface area contributed by atoms with Crippen LogP contribution < -0.4 is 4.74 Å². The number of halogens is 2. The van der Waals surface area contributed by atoms with Gasteiger partial charge in [-0.3, -0.25) is 0 Å². The molecule has 0 atom stereocenters. The highest BCUT2D eigenvalue weighted by molar-refractivity contribution is 9.10. The lowest BCUT2D eigenvalue weighted by atomic mass is 10.0. The Balaban J connectivity index is 1.53. The average Bonchev–Trinajstić information content (AvgIpc) is 3.09. The van der Waals surface area contributed by atoms with Gasteiger partial charge in [0.15, 0.2) is 0 Å². The third-order valence-electron chi connectivity index (χ3n) is 4.32. The molecule has 3 aromatic rings. The van der Waals surface area contributed by atoms with E-state index in [0.717, 1.165) is 21.2 Å². The fourth-order valence-electron chi connectivity index (χ4n) is 2.85. The topological polar surface area (TPSA) is 47.9 Å². The second kappa shape index (κ2) is 8.64. The number of hydrogen-bond donors (Lipinski definition) is 0. The molecule has 4 rings (SSSR count). The van der Waals surface area contributed by atoms with Crippen molar-refractivity contribution in [3.05, 3.63) is 105 Å². The van der Waals surface area contributed by atoms with Crippen LogP contribution in [0.3, 0.4) is 0 Å². The number of oxime groups is 1. The summed E-state index contributed by atoms with van der Waals surface area (Å²) in [7, 11) is 0. The zero-order valence-electron chi connectivity index (χ0n) is 15.1. The second-order valence-corrected chi connectivity index (χ2v) is 7.64. The van der Waals surface area contributed by atoms with E-state index in [9.17, 15) is 4.79 Å². The molecule has 0 amide bonds. The Labute approximate surface area is 181 Å². The van der Waals surface area contributed by atoms with Gasteiger partial charge in [0.2, 0.25) is 0 Å². The van der Waals surface area contributed by atoms with Crippen molar-refractivity contribution in [3.8, 4) is 5.75 Å². The van der Waals surface area contributed by atoms with Gasteiger partial charge in [-0.25, -0.2) is 4.79 Å². The number of carbonyl (C=O) groups is 1. The van der Waals surface area contributed by atoms with E-state index >= 15 is 0 Å². The Hall–Kier alpha value is -2.89. The predicted molar refractivity (Wildman–Crippen MR) is 117 cm³/mol. The van der Waals surface area contributed by atoms with Gasteiger partial charge in [-0.2, -0.15) is 0 Å². The van der Waals surface area contributed by atoms with Gasteiger partial charge >= 0.3 is 5.97 Å². The third-order valence-corrected chi connectivity index (χ3v) is 5.19. The van der Waals surface area contributed by atoms with Crippen LogP contribution >= 0.6 is 27.5 Å². The molecule has 6 heteroatoms. The van der Waals surface area contributed by atoms with Gasteiger partial charge in [0, 0.05) is 10.6 Å². The van der Waals surface area contributed by atoms with Crippen LogP contribution in [0.5, 0.6) is 5.75 Å². The second-order valence-electron chi connectivity index (χ2n) is 6.35. The Kier molecular flexibility index (Phi) is 5.79. The molecule has 0 spiro atoms. The number of hydrogen-bond acceptors (Lipinski definition) is 4. The Bertz CT molecular complexity index is 1110.